The molecule has 1 aromatic carbocycles. The first kappa shape index (κ1) is 23.1. The number of rotatable bonds is 4. The molecule has 0 amide bonds. The molecule has 0 saturated heterocycles. The molecule has 0 spiro atoms. The van der Waals surface area contributed by atoms with Gasteiger partial charge in [-0.05, 0) is 12.1 Å². The lowest BCUT2D eigenvalue weighted by atomic mass is 9.93. The fourth-order valence-electron chi connectivity index (χ4n) is 1.73. The Bertz CT molecular complexity index is 643. The molecule has 0 aliphatic carbocycles. The van der Waals surface area contributed by atoms with Crippen LogP contribution in [0.5, 0.6) is 5.75 Å². The third kappa shape index (κ3) is 3.24. The molecule has 0 heterocycles. The first-order valence-electron chi connectivity index (χ1n) is 6.09. The molecule has 0 atom stereocenters. The standard InChI is InChI=1S/C12H3F14O/c13-7(14,9(17,18)11(21,22)23)4-2-1-3-5(6(4)27)8(15,16)10(19,20)12(24,25)26/h1-3H. The molecule has 1 rings (SSSR count). The second kappa shape index (κ2) is 6.02. The SMILES string of the molecule is [O]c1c(C(F)(F)C(F)(F)C(F)(F)F)cccc1C(F)(F)C(F)(F)C(F)(F)F. The third-order valence-electron chi connectivity index (χ3n) is 3.19. The first-order chi connectivity index (χ1) is 11.6. The summed E-state index contributed by atoms with van der Waals surface area (Å²) in [5, 5.41) is 11.4. The van der Waals surface area contributed by atoms with Crippen LogP contribution < -0.4 is 0 Å². The van der Waals surface area contributed by atoms with Crippen molar-refractivity contribution >= 4 is 0 Å². The maximum atomic E-state index is 13.5. The van der Waals surface area contributed by atoms with E-state index < -0.39 is 65.1 Å². The molecule has 0 aliphatic rings. The van der Waals surface area contributed by atoms with Crippen molar-refractivity contribution in [3.8, 4) is 5.75 Å². The Morgan fingerprint density at radius 3 is 1.00 bits per heavy atom. The van der Waals surface area contributed by atoms with Gasteiger partial charge >= 0.3 is 36.0 Å². The van der Waals surface area contributed by atoms with Crippen molar-refractivity contribution in [3.63, 3.8) is 0 Å². The Morgan fingerprint density at radius 1 is 0.519 bits per heavy atom. The van der Waals surface area contributed by atoms with Gasteiger partial charge in [0, 0.05) is 0 Å². The van der Waals surface area contributed by atoms with Gasteiger partial charge in [0.2, 0.25) is 0 Å². The van der Waals surface area contributed by atoms with Gasteiger partial charge < -0.3 is 0 Å². The van der Waals surface area contributed by atoms with Crippen LogP contribution in [-0.2, 0) is 17.0 Å². The summed E-state index contributed by atoms with van der Waals surface area (Å²) in [4.78, 5) is 0. The van der Waals surface area contributed by atoms with E-state index in [2.05, 4.69) is 0 Å². The van der Waals surface area contributed by atoms with Crippen LogP contribution in [0.4, 0.5) is 61.5 Å². The fourth-order valence-corrected chi connectivity index (χ4v) is 1.73. The van der Waals surface area contributed by atoms with Gasteiger partial charge in [0.25, 0.3) is 0 Å². The van der Waals surface area contributed by atoms with Crippen LogP contribution in [0.25, 0.3) is 0 Å². The largest absolute Gasteiger partial charge is 0.460 e. The minimum absolute atomic E-state index is 0.271. The Kier molecular flexibility index (Phi) is 5.15. The highest BCUT2D eigenvalue weighted by Crippen LogP contribution is 2.58. The van der Waals surface area contributed by atoms with E-state index in [0.29, 0.717) is 0 Å². The molecule has 0 saturated carbocycles. The van der Waals surface area contributed by atoms with E-state index in [4.69, 9.17) is 0 Å². The molecular formula is C12H3F14O. The van der Waals surface area contributed by atoms with Gasteiger partial charge in [0.1, 0.15) is 0 Å². The number of halogens is 14. The molecule has 15 heteroatoms. The van der Waals surface area contributed by atoms with E-state index in [9.17, 15) is 66.6 Å². The monoisotopic (exact) mass is 429 g/mol. The average Bonchev–Trinajstić information content (AvgIpc) is 2.44. The summed E-state index contributed by atoms with van der Waals surface area (Å²) in [5.74, 6) is -30.4. The van der Waals surface area contributed by atoms with Gasteiger partial charge in [-0.3, -0.25) is 5.11 Å². The molecule has 1 aromatic rings. The normalized spacial score (nSPS) is 15.2. The Hall–Kier alpha value is -1.96. The minimum Gasteiger partial charge on any atom is -0.289 e. The summed E-state index contributed by atoms with van der Waals surface area (Å²) >= 11 is 0. The highest BCUT2D eigenvalue weighted by atomic mass is 19.4. The van der Waals surface area contributed by atoms with Crippen molar-refractivity contribution in [1.82, 2.24) is 0 Å². The second-order valence-electron chi connectivity index (χ2n) is 4.98. The lowest BCUT2D eigenvalue weighted by molar-refractivity contribution is -0.361. The Labute approximate surface area is 139 Å². The van der Waals surface area contributed by atoms with E-state index in [1.807, 2.05) is 0 Å². The van der Waals surface area contributed by atoms with Crippen LogP contribution >= 0.6 is 0 Å². The van der Waals surface area contributed by atoms with Crippen molar-refractivity contribution in [1.29, 1.82) is 0 Å². The second-order valence-corrected chi connectivity index (χ2v) is 4.98. The summed E-state index contributed by atoms with van der Waals surface area (Å²) < 4.78 is 178. The third-order valence-corrected chi connectivity index (χ3v) is 3.19. The van der Waals surface area contributed by atoms with E-state index >= 15 is 0 Å². The van der Waals surface area contributed by atoms with E-state index in [1.165, 1.54) is 0 Å². The number of hydrogen-bond donors (Lipinski definition) is 0. The van der Waals surface area contributed by atoms with Gasteiger partial charge in [0.05, 0.1) is 11.1 Å². The van der Waals surface area contributed by atoms with E-state index in [0.717, 1.165) is 0 Å². The summed E-state index contributed by atoms with van der Waals surface area (Å²) in [6.45, 7) is 0. The van der Waals surface area contributed by atoms with Crippen molar-refractivity contribution in [2.45, 2.75) is 36.0 Å². The zero-order valence-electron chi connectivity index (χ0n) is 11.9. The quantitative estimate of drug-likeness (QED) is 0.493. The molecule has 27 heavy (non-hydrogen) atoms. The van der Waals surface area contributed by atoms with Crippen molar-refractivity contribution in [2.24, 2.45) is 0 Å². The molecule has 1 radical (unpaired) electrons. The topological polar surface area (TPSA) is 19.9 Å². The molecule has 0 aromatic heterocycles. The first-order valence-corrected chi connectivity index (χ1v) is 6.09. The number of hydrogen-bond acceptors (Lipinski definition) is 0. The van der Waals surface area contributed by atoms with Gasteiger partial charge in [-0.15, -0.1) is 0 Å². The van der Waals surface area contributed by atoms with Crippen LogP contribution in [0.1, 0.15) is 11.1 Å². The molecule has 0 fully saturated rings. The van der Waals surface area contributed by atoms with E-state index in [1.54, 1.807) is 0 Å². The number of para-hydroxylation sites is 1. The molecular weight excluding hydrogens is 426 g/mol. The van der Waals surface area contributed by atoms with Crippen molar-refractivity contribution in [3.05, 3.63) is 29.3 Å². The lowest BCUT2D eigenvalue weighted by Crippen LogP contribution is -2.51. The molecule has 0 N–H and O–H groups in total. The zero-order chi connectivity index (χ0) is 21.9. The van der Waals surface area contributed by atoms with Crippen LogP contribution in [0.3, 0.4) is 0 Å². The predicted octanol–water partition coefficient (Wildman–Crippen LogP) is 6.41. The summed E-state index contributed by atoms with van der Waals surface area (Å²) in [6.07, 6.45) is -14.0. The number of alkyl halides is 14. The average molecular weight is 429 g/mol. The highest BCUT2D eigenvalue weighted by molar-refractivity contribution is 5.47. The zero-order valence-corrected chi connectivity index (χ0v) is 11.9. The fraction of sp³-hybridized carbons (Fsp3) is 0.500. The van der Waals surface area contributed by atoms with Crippen LogP contribution in [0, 0.1) is 0 Å². The van der Waals surface area contributed by atoms with E-state index in [-0.39, 0.29) is 6.07 Å². The Balaban J connectivity index is 3.71. The maximum absolute atomic E-state index is 13.5. The van der Waals surface area contributed by atoms with Crippen LogP contribution in [-0.4, -0.2) is 24.2 Å². The smallest absolute Gasteiger partial charge is 0.289 e. The van der Waals surface area contributed by atoms with Gasteiger partial charge in [-0.1, -0.05) is 6.07 Å². The predicted molar refractivity (Wildman–Crippen MR) is 56.4 cm³/mol. The molecule has 0 bridgehead atoms. The molecule has 155 valence electrons. The van der Waals surface area contributed by atoms with Crippen LogP contribution in [0.15, 0.2) is 18.2 Å². The highest BCUT2D eigenvalue weighted by Gasteiger charge is 2.76. The summed E-state index contributed by atoms with van der Waals surface area (Å²) in [7, 11) is 0. The molecule has 0 aliphatic heterocycles. The van der Waals surface area contributed by atoms with Crippen molar-refractivity contribution in [2.75, 3.05) is 0 Å². The summed E-state index contributed by atoms with van der Waals surface area (Å²) in [5.41, 5.74) is -6.08. The molecule has 1 nitrogen and oxygen atoms in total. The Morgan fingerprint density at radius 2 is 0.778 bits per heavy atom. The van der Waals surface area contributed by atoms with Crippen LogP contribution in [0.2, 0.25) is 0 Å². The maximum Gasteiger partial charge on any atom is 0.460 e. The van der Waals surface area contributed by atoms with Gasteiger partial charge in [-0.25, -0.2) is 0 Å². The number of benzene rings is 1. The van der Waals surface area contributed by atoms with Crippen molar-refractivity contribution < 1.29 is 66.6 Å². The minimum atomic E-state index is -7.03. The van der Waals surface area contributed by atoms with Gasteiger partial charge in [0.15, 0.2) is 5.75 Å². The van der Waals surface area contributed by atoms with Gasteiger partial charge in [-0.2, -0.15) is 61.5 Å². The molecule has 0 unspecified atom stereocenters. The summed E-state index contributed by atoms with van der Waals surface area (Å²) in [6, 6.07) is -1.34. The lowest BCUT2D eigenvalue weighted by Gasteiger charge is -2.31.